The highest BCUT2D eigenvalue weighted by Gasteiger charge is 2.30. The molecule has 0 atom stereocenters. The van der Waals surface area contributed by atoms with Crippen molar-refractivity contribution in [3.63, 3.8) is 0 Å². The molecule has 0 spiro atoms. The van der Waals surface area contributed by atoms with E-state index in [1.807, 2.05) is 36.1 Å². The molecule has 2 fully saturated rings. The van der Waals surface area contributed by atoms with Gasteiger partial charge in [0, 0.05) is 49.8 Å². The van der Waals surface area contributed by atoms with Crippen molar-refractivity contribution in [1.82, 2.24) is 24.3 Å². The lowest BCUT2D eigenvalue weighted by Crippen LogP contribution is -2.46. The number of amides is 1. The van der Waals surface area contributed by atoms with Crippen molar-refractivity contribution in [3.05, 3.63) is 30.6 Å². The number of nitrogens with one attached hydrogen (secondary N) is 1. The molecule has 1 saturated heterocycles. The Morgan fingerprint density at radius 3 is 2.86 bits per heavy atom. The van der Waals surface area contributed by atoms with Gasteiger partial charge >= 0.3 is 0 Å². The molecule has 8 heteroatoms. The number of hydrogen-bond acceptors (Lipinski definition) is 5. The molecule has 4 heterocycles. The number of nitrogens with zero attached hydrogens (tertiary/aromatic N) is 5. The standard InChI is InChI=1S/C20H24N6O2/c1-24-10-13(11-24)12-28-17-9-21-25(2)19(17)15-5-6-26-16(7-15)8-18(23-26)22-20(27)14-3-4-14/h5-9,13-14H,3-4,10-12H2,1-2H3,(H,22,23,27). The average Bonchev–Trinajstić information content (AvgIpc) is 3.33. The van der Waals surface area contributed by atoms with Gasteiger partial charge in [0.2, 0.25) is 5.91 Å². The number of ether oxygens (including phenoxy) is 1. The fourth-order valence-corrected chi connectivity index (χ4v) is 3.77. The number of carbonyl (C=O) groups is 1. The van der Waals surface area contributed by atoms with E-state index in [0.29, 0.717) is 18.3 Å². The number of pyridine rings is 1. The molecule has 0 aromatic carbocycles. The second-order valence-corrected chi connectivity index (χ2v) is 7.96. The summed E-state index contributed by atoms with van der Waals surface area (Å²) >= 11 is 0. The summed E-state index contributed by atoms with van der Waals surface area (Å²) in [6.45, 7) is 2.86. The van der Waals surface area contributed by atoms with Crippen LogP contribution in [0.5, 0.6) is 5.75 Å². The molecule has 3 aromatic heterocycles. The Morgan fingerprint density at radius 1 is 1.29 bits per heavy atom. The molecule has 8 nitrogen and oxygen atoms in total. The van der Waals surface area contributed by atoms with Gasteiger partial charge in [-0.05, 0) is 32.0 Å². The molecule has 0 radical (unpaired) electrons. The third kappa shape index (κ3) is 3.24. The van der Waals surface area contributed by atoms with Gasteiger partial charge in [-0.1, -0.05) is 0 Å². The van der Waals surface area contributed by atoms with Crippen LogP contribution in [0.3, 0.4) is 0 Å². The average molecular weight is 380 g/mol. The van der Waals surface area contributed by atoms with E-state index in [0.717, 1.165) is 48.5 Å². The quantitative estimate of drug-likeness (QED) is 0.708. The van der Waals surface area contributed by atoms with Gasteiger partial charge in [0.1, 0.15) is 5.69 Å². The molecule has 1 aliphatic heterocycles. The summed E-state index contributed by atoms with van der Waals surface area (Å²) in [7, 11) is 4.04. The van der Waals surface area contributed by atoms with Crippen molar-refractivity contribution in [2.45, 2.75) is 12.8 Å². The first-order valence-corrected chi connectivity index (χ1v) is 9.71. The Kier molecular flexibility index (Phi) is 4.08. The van der Waals surface area contributed by atoms with Gasteiger partial charge in [0.25, 0.3) is 0 Å². The van der Waals surface area contributed by atoms with E-state index in [-0.39, 0.29) is 11.8 Å². The number of carbonyl (C=O) groups excluding carboxylic acids is 1. The molecular formula is C20H24N6O2. The van der Waals surface area contributed by atoms with Gasteiger partial charge in [-0.25, -0.2) is 4.52 Å². The van der Waals surface area contributed by atoms with Gasteiger partial charge in [-0.3, -0.25) is 9.48 Å². The summed E-state index contributed by atoms with van der Waals surface area (Å²) < 4.78 is 9.68. The predicted molar refractivity (Wildman–Crippen MR) is 105 cm³/mol. The molecule has 5 rings (SSSR count). The molecule has 28 heavy (non-hydrogen) atoms. The third-order valence-corrected chi connectivity index (χ3v) is 5.46. The maximum absolute atomic E-state index is 12.0. The van der Waals surface area contributed by atoms with E-state index in [2.05, 4.69) is 27.5 Å². The van der Waals surface area contributed by atoms with Gasteiger partial charge in [-0.15, -0.1) is 0 Å². The minimum Gasteiger partial charge on any atom is -0.489 e. The number of rotatable bonds is 6. The Balaban J connectivity index is 1.38. The maximum atomic E-state index is 12.0. The summed E-state index contributed by atoms with van der Waals surface area (Å²) in [5, 5.41) is 11.7. The number of likely N-dealkylation sites (tertiary alicyclic amines) is 1. The first kappa shape index (κ1) is 17.2. The Morgan fingerprint density at radius 2 is 2.11 bits per heavy atom. The summed E-state index contributed by atoms with van der Waals surface area (Å²) in [5.74, 6) is 2.18. The Bertz CT molecular complexity index is 1030. The largest absolute Gasteiger partial charge is 0.489 e. The van der Waals surface area contributed by atoms with Crippen molar-refractivity contribution < 1.29 is 9.53 Å². The topological polar surface area (TPSA) is 76.7 Å². The Labute approximate surface area is 163 Å². The van der Waals surface area contributed by atoms with Crippen molar-refractivity contribution in [3.8, 4) is 17.0 Å². The van der Waals surface area contributed by atoms with E-state index < -0.39 is 0 Å². The lowest BCUT2D eigenvalue weighted by molar-refractivity contribution is -0.117. The highest BCUT2D eigenvalue weighted by Crippen LogP contribution is 2.32. The first-order valence-electron chi connectivity index (χ1n) is 9.71. The molecule has 1 saturated carbocycles. The smallest absolute Gasteiger partial charge is 0.228 e. The van der Waals surface area contributed by atoms with Crippen LogP contribution in [-0.2, 0) is 11.8 Å². The van der Waals surface area contributed by atoms with Gasteiger partial charge in [0.05, 0.1) is 18.3 Å². The summed E-state index contributed by atoms with van der Waals surface area (Å²) in [6, 6.07) is 5.93. The minimum atomic E-state index is 0.0626. The van der Waals surface area contributed by atoms with Crippen LogP contribution in [-0.4, -0.2) is 56.9 Å². The van der Waals surface area contributed by atoms with Crippen LogP contribution >= 0.6 is 0 Å². The Hall–Kier alpha value is -2.87. The fourth-order valence-electron chi connectivity index (χ4n) is 3.77. The molecule has 3 aromatic rings. The van der Waals surface area contributed by atoms with Crippen molar-refractivity contribution in [2.75, 3.05) is 32.1 Å². The zero-order chi connectivity index (χ0) is 19.3. The van der Waals surface area contributed by atoms with Crippen LogP contribution in [0.25, 0.3) is 16.8 Å². The predicted octanol–water partition coefficient (Wildman–Crippen LogP) is 2.02. The fraction of sp³-hybridized carbons (Fsp3) is 0.450. The van der Waals surface area contributed by atoms with Crippen LogP contribution in [0.4, 0.5) is 5.82 Å². The van der Waals surface area contributed by atoms with E-state index in [1.54, 1.807) is 10.7 Å². The molecule has 0 bridgehead atoms. The highest BCUT2D eigenvalue weighted by molar-refractivity contribution is 5.93. The van der Waals surface area contributed by atoms with Crippen molar-refractivity contribution in [1.29, 1.82) is 0 Å². The normalized spacial score (nSPS) is 17.6. The zero-order valence-corrected chi connectivity index (χ0v) is 16.1. The van der Waals surface area contributed by atoms with Crippen molar-refractivity contribution in [2.24, 2.45) is 18.9 Å². The molecule has 0 unspecified atom stereocenters. The molecule has 1 amide bonds. The van der Waals surface area contributed by atoms with Crippen LogP contribution in [0.2, 0.25) is 0 Å². The highest BCUT2D eigenvalue weighted by atomic mass is 16.5. The molecule has 1 aliphatic carbocycles. The number of anilines is 1. The number of hydrogen-bond donors (Lipinski definition) is 1. The van der Waals surface area contributed by atoms with E-state index in [4.69, 9.17) is 4.74 Å². The second-order valence-electron chi connectivity index (χ2n) is 7.96. The molecule has 146 valence electrons. The first-order chi connectivity index (χ1) is 13.6. The molecular weight excluding hydrogens is 356 g/mol. The SMILES string of the molecule is CN1CC(COc2cnn(C)c2-c2ccn3nc(NC(=O)C4CC4)cc3c2)C1. The van der Waals surface area contributed by atoms with Gasteiger partial charge in [0.15, 0.2) is 11.6 Å². The van der Waals surface area contributed by atoms with E-state index in [9.17, 15) is 4.79 Å². The maximum Gasteiger partial charge on any atom is 0.228 e. The van der Waals surface area contributed by atoms with E-state index >= 15 is 0 Å². The minimum absolute atomic E-state index is 0.0626. The van der Waals surface area contributed by atoms with Crippen molar-refractivity contribution >= 4 is 17.2 Å². The number of aryl methyl sites for hydroxylation is 1. The number of aromatic nitrogens is 4. The van der Waals surface area contributed by atoms with Crippen LogP contribution in [0.1, 0.15) is 12.8 Å². The summed E-state index contributed by atoms with van der Waals surface area (Å²) in [5.41, 5.74) is 2.87. The summed E-state index contributed by atoms with van der Waals surface area (Å²) in [4.78, 5) is 14.3. The lowest BCUT2D eigenvalue weighted by atomic mass is 10.0. The number of fused-ring (bicyclic) bond motifs is 1. The van der Waals surface area contributed by atoms with Gasteiger partial charge < -0.3 is 15.0 Å². The van der Waals surface area contributed by atoms with E-state index in [1.165, 1.54) is 0 Å². The second kappa shape index (κ2) is 6.63. The van der Waals surface area contributed by atoms with Gasteiger partial charge in [-0.2, -0.15) is 10.2 Å². The van der Waals surface area contributed by atoms with Crippen LogP contribution in [0, 0.1) is 11.8 Å². The monoisotopic (exact) mass is 380 g/mol. The molecule has 1 N–H and O–H groups in total. The summed E-state index contributed by atoms with van der Waals surface area (Å²) in [6.07, 6.45) is 5.63. The van der Waals surface area contributed by atoms with Crippen LogP contribution in [0.15, 0.2) is 30.6 Å². The lowest BCUT2D eigenvalue weighted by Gasteiger charge is -2.35. The zero-order valence-electron chi connectivity index (χ0n) is 16.1. The molecule has 2 aliphatic rings. The van der Waals surface area contributed by atoms with Crippen LogP contribution < -0.4 is 10.1 Å². The third-order valence-electron chi connectivity index (χ3n) is 5.46.